The van der Waals surface area contributed by atoms with Crippen molar-refractivity contribution in [1.82, 2.24) is 10.3 Å². The van der Waals surface area contributed by atoms with Crippen LogP contribution in [-0.2, 0) is 0 Å². The van der Waals surface area contributed by atoms with Gasteiger partial charge in [-0.1, -0.05) is 23.2 Å². The van der Waals surface area contributed by atoms with E-state index in [1.54, 1.807) is 48.5 Å². The van der Waals surface area contributed by atoms with Crippen molar-refractivity contribution < 1.29 is 14.1 Å². The number of carbonyl (C=O) groups excluding carboxylic acids is 1. The normalized spacial score (nSPS) is 13.4. The summed E-state index contributed by atoms with van der Waals surface area (Å²) in [5.41, 5.74) is 2.74. The van der Waals surface area contributed by atoms with Crippen LogP contribution in [0.25, 0.3) is 22.6 Å². The molecule has 5 rings (SSSR count). The summed E-state index contributed by atoms with van der Waals surface area (Å²) in [6, 6.07) is 14.6. The maximum absolute atomic E-state index is 12.8. The van der Waals surface area contributed by atoms with Gasteiger partial charge >= 0.3 is 0 Å². The van der Waals surface area contributed by atoms with E-state index in [0.717, 1.165) is 32.4 Å². The number of anilines is 2. The van der Waals surface area contributed by atoms with Crippen LogP contribution in [-0.4, -0.2) is 34.0 Å². The first-order chi connectivity index (χ1) is 18.3. The summed E-state index contributed by atoms with van der Waals surface area (Å²) in [6.45, 7) is 1.51. The quantitative estimate of drug-likeness (QED) is 0.153. The number of carbonyl (C=O) groups is 1. The minimum Gasteiger partial charge on any atom is -0.436 e. The van der Waals surface area contributed by atoms with E-state index in [0.29, 0.717) is 44.0 Å². The van der Waals surface area contributed by atoms with Crippen molar-refractivity contribution in [1.29, 1.82) is 0 Å². The molecule has 1 aliphatic heterocycles. The van der Waals surface area contributed by atoms with Crippen LogP contribution in [0.3, 0.4) is 0 Å². The molecule has 4 aromatic rings. The Morgan fingerprint density at radius 2 is 1.84 bits per heavy atom. The van der Waals surface area contributed by atoms with E-state index in [2.05, 4.69) is 15.6 Å². The van der Waals surface area contributed by atoms with Crippen molar-refractivity contribution in [2.75, 3.05) is 23.3 Å². The third-order valence-corrected chi connectivity index (χ3v) is 6.93. The predicted molar refractivity (Wildman–Crippen MR) is 152 cm³/mol. The lowest BCUT2D eigenvalue weighted by Gasteiger charge is -2.28. The molecule has 2 N–H and O–H groups in total. The lowest BCUT2D eigenvalue weighted by Crippen LogP contribution is -2.34. The van der Waals surface area contributed by atoms with Crippen molar-refractivity contribution in [3.05, 3.63) is 80.3 Å². The van der Waals surface area contributed by atoms with Gasteiger partial charge in [-0.3, -0.25) is 20.2 Å². The maximum Gasteiger partial charge on any atom is 0.293 e. The molecule has 3 aromatic carbocycles. The van der Waals surface area contributed by atoms with Crippen molar-refractivity contribution in [3.8, 4) is 11.5 Å². The van der Waals surface area contributed by atoms with Gasteiger partial charge in [0.15, 0.2) is 10.7 Å². The van der Waals surface area contributed by atoms with Crippen LogP contribution < -0.4 is 15.5 Å². The van der Waals surface area contributed by atoms with Crippen molar-refractivity contribution >= 4 is 74.6 Å². The number of nitro groups is 1. The summed E-state index contributed by atoms with van der Waals surface area (Å²) < 4.78 is 5.81. The van der Waals surface area contributed by atoms with E-state index >= 15 is 0 Å². The van der Waals surface area contributed by atoms with Gasteiger partial charge < -0.3 is 14.6 Å². The van der Waals surface area contributed by atoms with Gasteiger partial charge in [0, 0.05) is 35.4 Å². The van der Waals surface area contributed by atoms with Gasteiger partial charge in [0.1, 0.15) is 11.2 Å². The number of piperidine rings is 1. The van der Waals surface area contributed by atoms with Crippen LogP contribution in [0, 0.1) is 10.1 Å². The Balaban J connectivity index is 1.29. The van der Waals surface area contributed by atoms with Crippen molar-refractivity contribution in [3.63, 3.8) is 0 Å². The number of hydrogen-bond donors (Lipinski definition) is 2. The van der Waals surface area contributed by atoms with E-state index < -0.39 is 10.8 Å². The summed E-state index contributed by atoms with van der Waals surface area (Å²) in [5, 5.41) is 18.2. The zero-order valence-corrected chi connectivity index (χ0v) is 22.2. The number of thiocarbonyl (C=S) groups is 1. The second-order valence-corrected chi connectivity index (χ2v) is 9.99. The molecular formula is C26H21Cl2N5O4S. The number of nitrogens with one attached hydrogen (secondary N) is 2. The highest BCUT2D eigenvalue weighted by Gasteiger charge is 2.23. The number of benzene rings is 3. The molecule has 12 heteroatoms. The molecule has 0 bridgehead atoms. The Bertz CT molecular complexity index is 1570. The zero-order valence-electron chi connectivity index (χ0n) is 19.9. The van der Waals surface area contributed by atoms with Gasteiger partial charge in [0.2, 0.25) is 5.89 Å². The van der Waals surface area contributed by atoms with Gasteiger partial charge in [0.25, 0.3) is 11.6 Å². The monoisotopic (exact) mass is 569 g/mol. The smallest absolute Gasteiger partial charge is 0.293 e. The van der Waals surface area contributed by atoms with Crippen LogP contribution in [0.5, 0.6) is 0 Å². The fourth-order valence-electron chi connectivity index (χ4n) is 4.33. The number of oxazole rings is 1. The average Bonchev–Trinajstić information content (AvgIpc) is 3.33. The third-order valence-electron chi connectivity index (χ3n) is 6.16. The zero-order chi connectivity index (χ0) is 26.8. The van der Waals surface area contributed by atoms with E-state index in [1.807, 2.05) is 4.90 Å². The number of rotatable bonds is 5. The van der Waals surface area contributed by atoms with E-state index in [4.69, 9.17) is 39.8 Å². The number of nitrogens with zero attached hydrogens (tertiary/aromatic N) is 3. The SMILES string of the molecule is O=C(NC(=S)Nc1ccc2oc(-c3cc(Cl)ccc3Cl)nc2c1)c1ccc(N2CCCCC2)c([N+](=O)[O-])c1. The fraction of sp³-hybridized carbons (Fsp3) is 0.192. The lowest BCUT2D eigenvalue weighted by atomic mass is 10.1. The number of nitro benzene ring substituents is 1. The van der Waals surface area contributed by atoms with Gasteiger partial charge in [-0.25, -0.2) is 4.98 Å². The Morgan fingerprint density at radius 1 is 1.05 bits per heavy atom. The molecule has 0 radical (unpaired) electrons. The molecule has 0 aliphatic carbocycles. The number of amides is 1. The van der Waals surface area contributed by atoms with Crippen LogP contribution in [0.15, 0.2) is 59.0 Å². The van der Waals surface area contributed by atoms with Crippen molar-refractivity contribution in [2.45, 2.75) is 19.3 Å². The Hall–Kier alpha value is -3.73. The third kappa shape index (κ3) is 5.57. The maximum atomic E-state index is 12.8. The molecule has 2 heterocycles. The first-order valence-electron chi connectivity index (χ1n) is 11.8. The minimum atomic E-state index is -0.559. The molecule has 1 fully saturated rings. The highest BCUT2D eigenvalue weighted by molar-refractivity contribution is 7.80. The second-order valence-electron chi connectivity index (χ2n) is 8.74. The Morgan fingerprint density at radius 3 is 2.61 bits per heavy atom. The number of aromatic nitrogens is 1. The molecule has 1 aliphatic rings. The molecule has 0 spiro atoms. The summed E-state index contributed by atoms with van der Waals surface area (Å²) >= 11 is 17.6. The molecule has 0 atom stereocenters. The van der Waals surface area contributed by atoms with Crippen LogP contribution in [0.2, 0.25) is 10.0 Å². The molecule has 0 saturated carbocycles. The molecule has 0 unspecified atom stereocenters. The summed E-state index contributed by atoms with van der Waals surface area (Å²) in [4.78, 5) is 30.5. The second kappa shape index (κ2) is 10.9. The average molecular weight is 570 g/mol. The van der Waals surface area contributed by atoms with Gasteiger partial charge in [0.05, 0.1) is 15.5 Å². The van der Waals surface area contributed by atoms with E-state index in [-0.39, 0.29) is 16.4 Å². The molecule has 1 amide bonds. The minimum absolute atomic E-state index is 0.0266. The number of hydrogen-bond acceptors (Lipinski definition) is 7. The first kappa shape index (κ1) is 25.9. The van der Waals surface area contributed by atoms with Gasteiger partial charge in [-0.15, -0.1) is 0 Å². The van der Waals surface area contributed by atoms with Gasteiger partial charge in [-0.2, -0.15) is 0 Å². The van der Waals surface area contributed by atoms with E-state index in [1.165, 1.54) is 6.07 Å². The molecule has 1 aromatic heterocycles. The van der Waals surface area contributed by atoms with Crippen LogP contribution in [0.4, 0.5) is 17.1 Å². The molecule has 1 saturated heterocycles. The summed E-state index contributed by atoms with van der Waals surface area (Å²) in [5.74, 6) is -0.244. The van der Waals surface area contributed by atoms with Crippen LogP contribution >= 0.6 is 35.4 Å². The van der Waals surface area contributed by atoms with Crippen LogP contribution in [0.1, 0.15) is 29.6 Å². The Kier molecular flexibility index (Phi) is 7.46. The van der Waals surface area contributed by atoms with Gasteiger partial charge in [-0.05, 0) is 80.0 Å². The molecule has 9 nitrogen and oxygen atoms in total. The number of fused-ring (bicyclic) bond motifs is 1. The van der Waals surface area contributed by atoms with Crippen molar-refractivity contribution in [2.24, 2.45) is 0 Å². The Labute approximate surface area is 232 Å². The molecule has 38 heavy (non-hydrogen) atoms. The standard InChI is InChI=1S/C26H21Cl2N5O4S/c27-16-5-7-19(28)18(13-16)25-30-20-14-17(6-9-23(20)37-25)29-26(38)31-24(34)15-4-8-21(22(12-15)33(35)36)32-10-2-1-3-11-32/h4-9,12-14H,1-3,10-11H2,(H2,29,31,34,38). The first-order valence-corrected chi connectivity index (χ1v) is 13.0. The fourth-order valence-corrected chi connectivity index (χ4v) is 4.91. The predicted octanol–water partition coefficient (Wildman–Crippen LogP) is 6.83. The highest BCUT2D eigenvalue weighted by atomic mass is 35.5. The molecule has 194 valence electrons. The molecular weight excluding hydrogens is 549 g/mol. The highest BCUT2D eigenvalue weighted by Crippen LogP contribution is 2.33. The number of halogens is 2. The van der Waals surface area contributed by atoms with E-state index in [9.17, 15) is 14.9 Å². The largest absolute Gasteiger partial charge is 0.436 e. The topological polar surface area (TPSA) is 114 Å². The lowest BCUT2D eigenvalue weighted by molar-refractivity contribution is -0.384. The summed E-state index contributed by atoms with van der Waals surface area (Å²) in [6.07, 6.45) is 3.07. The summed E-state index contributed by atoms with van der Waals surface area (Å²) in [7, 11) is 0.